The summed E-state index contributed by atoms with van der Waals surface area (Å²) in [5.41, 5.74) is 0. The van der Waals surface area contributed by atoms with Gasteiger partial charge in [-0.3, -0.25) is 0 Å². The molecule has 0 radical (unpaired) electrons. The molecule has 2 nitrogen and oxygen atoms in total. The molecule has 12 heavy (non-hydrogen) atoms. The van der Waals surface area contributed by atoms with E-state index in [-0.39, 0.29) is 0 Å². The predicted molar refractivity (Wildman–Crippen MR) is 51.8 cm³/mol. The van der Waals surface area contributed by atoms with Gasteiger partial charge in [0.15, 0.2) is 0 Å². The van der Waals surface area contributed by atoms with Gasteiger partial charge in [0.2, 0.25) is 0 Å². The summed E-state index contributed by atoms with van der Waals surface area (Å²) < 4.78 is 0. The zero-order valence-electron chi connectivity index (χ0n) is 8.51. The van der Waals surface area contributed by atoms with Crippen LogP contribution in [-0.2, 0) is 0 Å². The van der Waals surface area contributed by atoms with Gasteiger partial charge in [-0.05, 0) is 32.5 Å². The molecule has 0 bridgehead atoms. The monoisotopic (exact) mass is 168 g/mol. The van der Waals surface area contributed by atoms with Crippen LogP contribution in [0.3, 0.4) is 0 Å². The van der Waals surface area contributed by atoms with E-state index >= 15 is 0 Å². The largest absolute Gasteiger partial charge is 0.304 e. The van der Waals surface area contributed by atoms with Crippen molar-refractivity contribution >= 4 is 0 Å². The van der Waals surface area contributed by atoms with Gasteiger partial charge in [-0.15, -0.1) is 0 Å². The maximum atomic E-state index is 8.58. The first-order valence-electron chi connectivity index (χ1n) is 4.98. The van der Waals surface area contributed by atoms with E-state index in [0.717, 1.165) is 32.5 Å². The quantitative estimate of drug-likeness (QED) is 0.600. The second-order valence-corrected chi connectivity index (χ2v) is 2.84. The topological polar surface area (TPSA) is 27.0 Å². The molecule has 1 aliphatic heterocycles. The smallest absolute Gasteiger partial charge is 0.0656 e. The summed E-state index contributed by atoms with van der Waals surface area (Å²) in [4.78, 5) is 2.40. The molecule has 1 rings (SSSR count). The minimum absolute atomic E-state index is 0.336. The fraction of sp³-hybridized carbons (Fsp3) is 0.900. The fourth-order valence-electron chi connectivity index (χ4n) is 1.38. The number of likely N-dealkylation sites (tertiary alicyclic amines) is 1. The second-order valence-electron chi connectivity index (χ2n) is 2.84. The third kappa shape index (κ3) is 3.73. The third-order valence-electron chi connectivity index (χ3n) is 2.22. The maximum Gasteiger partial charge on any atom is 0.0656 e. The van der Waals surface area contributed by atoms with Crippen molar-refractivity contribution in [3.05, 3.63) is 0 Å². The van der Waals surface area contributed by atoms with Gasteiger partial charge in [-0.25, -0.2) is 0 Å². The lowest BCUT2D eigenvalue weighted by molar-refractivity contribution is 0.215. The molecule has 0 atom stereocenters. The molecule has 0 saturated carbocycles. The van der Waals surface area contributed by atoms with Gasteiger partial charge < -0.3 is 4.90 Å². The predicted octanol–water partition coefficient (Wildman–Crippen LogP) is 2.27. The SMILES string of the molecule is CC.CCN1CCC(C#N)CC1. The molecule has 0 spiro atoms. The Kier molecular flexibility index (Phi) is 6.79. The van der Waals surface area contributed by atoms with Crippen molar-refractivity contribution in [2.45, 2.75) is 33.6 Å². The van der Waals surface area contributed by atoms with Crippen molar-refractivity contribution in [2.75, 3.05) is 19.6 Å². The molecule has 0 unspecified atom stereocenters. The van der Waals surface area contributed by atoms with Gasteiger partial charge in [0.25, 0.3) is 0 Å². The Hall–Kier alpha value is -0.550. The third-order valence-corrected chi connectivity index (χ3v) is 2.22. The van der Waals surface area contributed by atoms with Gasteiger partial charge in [0.05, 0.1) is 6.07 Å². The lowest BCUT2D eigenvalue weighted by atomic mass is 9.99. The van der Waals surface area contributed by atoms with Crippen LogP contribution in [0.25, 0.3) is 0 Å². The highest BCUT2D eigenvalue weighted by atomic mass is 15.1. The van der Waals surface area contributed by atoms with E-state index in [4.69, 9.17) is 5.26 Å². The summed E-state index contributed by atoms with van der Waals surface area (Å²) in [6.45, 7) is 9.55. The van der Waals surface area contributed by atoms with Gasteiger partial charge in [-0.1, -0.05) is 20.8 Å². The van der Waals surface area contributed by atoms with E-state index < -0.39 is 0 Å². The average Bonchev–Trinajstić information content (AvgIpc) is 2.21. The van der Waals surface area contributed by atoms with Crippen LogP contribution in [0.4, 0.5) is 0 Å². The lowest BCUT2D eigenvalue weighted by Crippen LogP contribution is -2.32. The van der Waals surface area contributed by atoms with Crippen molar-refractivity contribution in [1.29, 1.82) is 5.26 Å². The van der Waals surface area contributed by atoms with Crippen LogP contribution >= 0.6 is 0 Å². The van der Waals surface area contributed by atoms with Gasteiger partial charge >= 0.3 is 0 Å². The first-order chi connectivity index (χ1) is 5.86. The van der Waals surface area contributed by atoms with Crippen molar-refractivity contribution in [1.82, 2.24) is 4.90 Å². The first kappa shape index (κ1) is 11.4. The molecule has 1 aliphatic rings. The summed E-state index contributed by atoms with van der Waals surface area (Å²) in [7, 11) is 0. The summed E-state index contributed by atoms with van der Waals surface area (Å²) in [6.07, 6.45) is 2.15. The van der Waals surface area contributed by atoms with Crippen molar-refractivity contribution in [3.63, 3.8) is 0 Å². The highest BCUT2D eigenvalue weighted by Crippen LogP contribution is 2.14. The Morgan fingerprint density at radius 1 is 1.33 bits per heavy atom. The lowest BCUT2D eigenvalue weighted by Gasteiger charge is -2.27. The average molecular weight is 168 g/mol. The zero-order chi connectivity index (χ0) is 9.40. The normalized spacial score (nSPS) is 19.2. The number of nitrogens with zero attached hydrogens (tertiary/aromatic N) is 2. The number of hydrogen-bond donors (Lipinski definition) is 0. The van der Waals surface area contributed by atoms with Crippen LogP contribution in [0.15, 0.2) is 0 Å². The summed E-state index contributed by atoms with van der Waals surface area (Å²) in [5, 5.41) is 8.58. The van der Waals surface area contributed by atoms with Crippen LogP contribution in [0.2, 0.25) is 0 Å². The highest BCUT2D eigenvalue weighted by Gasteiger charge is 2.16. The Morgan fingerprint density at radius 3 is 2.17 bits per heavy atom. The van der Waals surface area contributed by atoms with Crippen molar-refractivity contribution in [3.8, 4) is 6.07 Å². The van der Waals surface area contributed by atoms with Gasteiger partial charge in [0, 0.05) is 5.92 Å². The second kappa shape index (κ2) is 7.12. The van der Waals surface area contributed by atoms with E-state index in [0.29, 0.717) is 5.92 Å². The van der Waals surface area contributed by atoms with Crippen molar-refractivity contribution < 1.29 is 0 Å². The number of nitriles is 1. The van der Waals surface area contributed by atoms with Gasteiger partial charge in [0.1, 0.15) is 0 Å². The molecule has 0 aromatic rings. The Bertz CT molecular complexity index is 129. The molecule has 70 valence electrons. The molecule has 0 aromatic heterocycles. The molecule has 0 amide bonds. The molecule has 1 heterocycles. The highest BCUT2D eigenvalue weighted by molar-refractivity contribution is 4.86. The molecule has 2 heteroatoms. The maximum absolute atomic E-state index is 8.58. The fourth-order valence-corrected chi connectivity index (χ4v) is 1.38. The minimum atomic E-state index is 0.336. The van der Waals surface area contributed by atoms with Crippen LogP contribution in [0.1, 0.15) is 33.6 Å². The number of rotatable bonds is 1. The van der Waals surface area contributed by atoms with E-state index in [1.807, 2.05) is 13.8 Å². The molecular formula is C10H20N2. The van der Waals surface area contributed by atoms with Crippen LogP contribution in [0.5, 0.6) is 0 Å². The Morgan fingerprint density at radius 2 is 1.83 bits per heavy atom. The van der Waals surface area contributed by atoms with E-state index in [2.05, 4.69) is 17.9 Å². The van der Waals surface area contributed by atoms with E-state index in [1.165, 1.54) is 0 Å². The molecular weight excluding hydrogens is 148 g/mol. The van der Waals surface area contributed by atoms with Crippen LogP contribution in [-0.4, -0.2) is 24.5 Å². The molecule has 0 N–H and O–H groups in total. The van der Waals surface area contributed by atoms with Crippen LogP contribution in [0, 0.1) is 17.2 Å². The van der Waals surface area contributed by atoms with Gasteiger partial charge in [-0.2, -0.15) is 5.26 Å². The summed E-state index contributed by atoms with van der Waals surface area (Å²) >= 11 is 0. The Balaban J connectivity index is 0.000000561. The molecule has 0 aromatic carbocycles. The number of hydrogen-bond acceptors (Lipinski definition) is 2. The molecule has 1 fully saturated rings. The number of piperidine rings is 1. The standard InChI is InChI=1S/C8H14N2.C2H6/c1-2-10-5-3-8(7-9)4-6-10;1-2/h8H,2-6H2,1H3;1-2H3. The summed E-state index contributed by atoms with van der Waals surface area (Å²) in [6, 6.07) is 2.32. The van der Waals surface area contributed by atoms with Crippen LogP contribution < -0.4 is 0 Å². The minimum Gasteiger partial charge on any atom is -0.304 e. The first-order valence-corrected chi connectivity index (χ1v) is 4.98. The van der Waals surface area contributed by atoms with E-state index in [1.54, 1.807) is 0 Å². The Labute approximate surface area is 76.2 Å². The summed E-state index contributed by atoms with van der Waals surface area (Å²) in [5.74, 6) is 0.336. The van der Waals surface area contributed by atoms with Crippen molar-refractivity contribution in [2.24, 2.45) is 5.92 Å². The van der Waals surface area contributed by atoms with E-state index in [9.17, 15) is 0 Å². The molecule has 0 aliphatic carbocycles. The zero-order valence-corrected chi connectivity index (χ0v) is 8.51. The molecule has 1 saturated heterocycles.